The number of esters is 1. The number of hydrogen-bond donors (Lipinski definition) is 0. The summed E-state index contributed by atoms with van der Waals surface area (Å²) in [6.07, 6.45) is 1.58. The van der Waals surface area contributed by atoms with Gasteiger partial charge < -0.3 is 9.47 Å². The molecule has 1 heterocycles. The number of thioether (sulfide) groups is 1. The van der Waals surface area contributed by atoms with Crippen LogP contribution >= 0.6 is 11.8 Å². The summed E-state index contributed by atoms with van der Waals surface area (Å²) >= 11 is 0.791. The van der Waals surface area contributed by atoms with Gasteiger partial charge in [-0.2, -0.15) is 0 Å². The fraction of sp³-hybridized carbons (Fsp3) is 0.353. The topological polar surface area (TPSA) is 72.9 Å². The first-order valence-electron chi connectivity index (χ1n) is 7.31. The third kappa shape index (κ3) is 4.38. The van der Waals surface area contributed by atoms with Gasteiger partial charge in [0.1, 0.15) is 17.9 Å². The number of rotatable bonds is 4. The van der Waals surface area contributed by atoms with Crippen molar-refractivity contribution in [3.63, 3.8) is 0 Å². The average molecular weight is 349 g/mol. The predicted molar refractivity (Wildman–Crippen MR) is 91.5 cm³/mol. The molecule has 2 rings (SSSR count). The molecule has 1 aromatic carbocycles. The first-order chi connectivity index (χ1) is 11.2. The molecule has 7 heteroatoms. The maximum Gasteiger partial charge on any atom is 0.326 e. The monoisotopic (exact) mass is 349 g/mol. The predicted octanol–water partition coefficient (Wildman–Crippen LogP) is 3.07. The van der Waals surface area contributed by atoms with Crippen molar-refractivity contribution in [2.24, 2.45) is 0 Å². The second-order valence-corrected chi connectivity index (χ2v) is 7.09. The maximum atomic E-state index is 12.4. The van der Waals surface area contributed by atoms with Crippen molar-refractivity contribution in [3.8, 4) is 5.75 Å². The number of ether oxygens (including phenoxy) is 2. The van der Waals surface area contributed by atoms with Crippen molar-refractivity contribution in [1.82, 2.24) is 4.90 Å². The average Bonchev–Trinajstić information content (AvgIpc) is 2.73. The number of carbonyl (C=O) groups excluding carboxylic acids is 3. The van der Waals surface area contributed by atoms with Gasteiger partial charge in [0.05, 0.1) is 12.0 Å². The van der Waals surface area contributed by atoms with E-state index in [4.69, 9.17) is 9.47 Å². The van der Waals surface area contributed by atoms with E-state index < -0.39 is 29.3 Å². The summed E-state index contributed by atoms with van der Waals surface area (Å²) in [5.74, 6) is -0.540. The third-order valence-corrected chi connectivity index (χ3v) is 3.91. The Kier molecular flexibility index (Phi) is 5.33. The van der Waals surface area contributed by atoms with E-state index in [0.29, 0.717) is 11.3 Å². The van der Waals surface area contributed by atoms with Crippen LogP contribution in [0, 0.1) is 0 Å². The molecule has 0 radical (unpaired) electrons. The Morgan fingerprint density at radius 2 is 1.92 bits per heavy atom. The van der Waals surface area contributed by atoms with Gasteiger partial charge in [-0.3, -0.25) is 19.3 Å². The van der Waals surface area contributed by atoms with Crippen molar-refractivity contribution in [2.75, 3.05) is 13.7 Å². The van der Waals surface area contributed by atoms with Crippen LogP contribution in [0.1, 0.15) is 26.3 Å². The van der Waals surface area contributed by atoms with Crippen molar-refractivity contribution in [3.05, 3.63) is 34.7 Å². The minimum absolute atomic E-state index is 0.244. The fourth-order valence-corrected chi connectivity index (χ4v) is 2.90. The Morgan fingerprint density at radius 3 is 2.54 bits per heavy atom. The molecule has 0 aromatic heterocycles. The zero-order valence-electron chi connectivity index (χ0n) is 14.0. The number of imide groups is 1. The molecule has 0 bridgehead atoms. The van der Waals surface area contributed by atoms with E-state index in [9.17, 15) is 14.4 Å². The normalized spacial score (nSPS) is 16.7. The van der Waals surface area contributed by atoms with Crippen LogP contribution in [0.5, 0.6) is 5.75 Å². The highest BCUT2D eigenvalue weighted by Crippen LogP contribution is 2.33. The summed E-state index contributed by atoms with van der Waals surface area (Å²) in [4.78, 5) is 37.4. The number of hydrogen-bond acceptors (Lipinski definition) is 6. The summed E-state index contributed by atoms with van der Waals surface area (Å²) in [6, 6.07) is 7.15. The number of amides is 2. The molecule has 0 N–H and O–H groups in total. The number of benzene rings is 1. The maximum absolute atomic E-state index is 12.4. The Bertz CT molecular complexity index is 705. The van der Waals surface area contributed by atoms with Crippen molar-refractivity contribution in [1.29, 1.82) is 0 Å². The lowest BCUT2D eigenvalue weighted by molar-refractivity contribution is -0.156. The zero-order valence-corrected chi connectivity index (χ0v) is 14.8. The molecule has 24 heavy (non-hydrogen) atoms. The van der Waals surface area contributed by atoms with Gasteiger partial charge in [0.2, 0.25) is 0 Å². The molecule has 1 fully saturated rings. The van der Waals surface area contributed by atoms with Gasteiger partial charge in [-0.1, -0.05) is 18.2 Å². The van der Waals surface area contributed by atoms with Crippen molar-refractivity contribution >= 4 is 35.0 Å². The van der Waals surface area contributed by atoms with Gasteiger partial charge in [0.25, 0.3) is 11.1 Å². The smallest absolute Gasteiger partial charge is 0.326 e. The van der Waals surface area contributed by atoms with E-state index in [2.05, 4.69) is 0 Å². The molecular formula is C17H19NO5S. The van der Waals surface area contributed by atoms with Gasteiger partial charge in [-0.25, -0.2) is 0 Å². The first kappa shape index (κ1) is 18.1. The Morgan fingerprint density at radius 1 is 1.25 bits per heavy atom. The lowest BCUT2D eigenvalue weighted by atomic mass is 10.2. The zero-order chi connectivity index (χ0) is 17.9. The third-order valence-electron chi connectivity index (χ3n) is 3.01. The molecular weight excluding hydrogens is 330 g/mol. The SMILES string of the molecule is COc1ccccc1C=C1SC(=O)N(CC(=O)OC(C)(C)C)C1=O. The molecule has 128 valence electrons. The largest absolute Gasteiger partial charge is 0.496 e. The highest BCUT2D eigenvalue weighted by molar-refractivity contribution is 8.18. The standard InChI is InChI=1S/C17H19NO5S/c1-17(2,3)23-14(19)10-18-15(20)13(24-16(18)21)9-11-7-5-6-8-12(11)22-4/h5-9H,10H2,1-4H3. The summed E-state index contributed by atoms with van der Waals surface area (Å²) < 4.78 is 10.4. The van der Waals surface area contributed by atoms with Crippen LogP contribution in [0.4, 0.5) is 4.79 Å². The minimum Gasteiger partial charge on any atom is -0.496 e. The molecule has 0 atom stereocenters. The van der Waals surface area contributed by atoms with E-state index >= 15 is 0 Å². The van der Waals surface area contributed by atoms with E-state index in [1.54, 1.807) is 45.0 Å². The second kappa shape index (κ2) is 7.09. The van der Waals surface area contributed by atoms with Crippen molar-refractivity contribution < 1.29 is 23.9 Å². The van der Waals surface area contributed by atoms with Gasteiger partial charge in [-0.05, 0) is 44.7 Å². The van der Waals surface area contributed by atoms with Crippen LogP contribution in [0.3, 0.4) is 0 Å². The fourth-order valence-electron chi connectivity index (χ4n) is 2.07. The van der Waals surface area contributed by atoms with E-state index in [-0.39, 0.29) is 4.91 Å². The number of para-hydroxylation sites is 1. The second-order valence-electron chi connectivity index (χ2n) is 6.10. The molecule has 6 nitrogen and oxygen atoms in total. The highest BCUT2D eigenvalue weighted by atomic mass is 32.2. The van der Waals surface area contributed by atoms with Crippen LogP contribution in [0.2, 0.25) is 0 Å². The van der Waals surface area contributed by atoms with Gasteiger partial charge in [0, 0.05) is 5.56 Å². The summed E-state index contributed by atoms with van der Waals surface area (Å²) in [5, 5.41) is -0.494. The summed E-state index contributed by atoms with van der Waals surface area (Å²) in [6.45, 7) is 4.77. The molecule has 0 spiro atoms. The molecule has 2 amide bonds. The molecule has 1 aromatic rings. The van der Waals surface area contributed by atoms with E-state index in [0.717, 1.165) is 16.7 Å². The minimum atomic E-state index is -0.674. The quantitative estimate of drug-likeness (QED) is 0.614. The van der Waals surface area contributed by atoms with Gasteiger partial charge in [0.15, 0.2) is 0 Å². The molecule has 0 aliphatic carbocycles. The highest BCUT2D eigenvalue weighted by Gasteiger charge is 2.37. The Balaban J connectivity index is 2.17. The molecule has 1 saturated heterocycles. The van der Waals surface area contributed by atoms with Crippen LogP contribution in [-0.4, -0.2) is 41.3 Å². The van der Waals surface area contributed by atoms with Crippen LogP contribution < -0.4 is 4.74 Å². The molecule has 0 saturated carbocycles. The molecule has 0 unspecified atom stereocenters. The van der Waals surface area contributed by atoms with E-state index in [1.165, 1.54) is 7.11 Å². The lowest BCUT2D eigenvalue weighted by Gasteiger charge is -2.21. The Labute approximate surface area is 144 Å². The van der Waals surface area contributed by atoms with E-state index in [1.807, 2.05) is 6.07 Å². The van der Waals surface area contributed by atoms with Gasteiger partial charge >= 0.3 is 5.97 Å². The van der Waals surface area contributed by atoms with Crippen LogP contribution in [-0.2, 0) is 14.3 Å². The molecule has 1 aliphatic heterocycles. The number of nitrogens with zero attached hydrogens (tertiary/aromatic N) is 1. The van der Waals surface area contributed by atoms with Crippen molar-refractivity contribution in [2.45, 2.75) is 26.4 Å². The lowest BCUT2D eigenvalue weighted by Crippen LogP contribution is -2.37. The number of methoxy groups -OCH3 is 1. The van der Waals surface area contributed by atoms with Crippen LogP contribution in [0.15, 0.2) is 29.2 Å². The van der Waals surface area contributed by atoms with Gasteiger partial charge in [-0.15, -0.1) is 0 Å². The van der Waals surface area contributed by atoms with Crippen LogP contribution in [0.25, 0.3) is 6.08 Å². The first-order valence-corrected chi connectivity index (χ1v) is 8.13. The number of carbonyl (C=O) groups is 3. The molecule has 1 aliphatic rings. The summed E-state index contributed by atoms with van der Waals surface area (Å²) in [5.41, 5.74) is 0.00863. The summed E-state index contributed by atoms with van der Waals surface area (Å²) in [7, 11) is 1.53. The Hall–Kier alpha value is -2.28.